The molecule has 0 radical (unpaired) electrons. The van der Waals surface area contributed by atoms with Gasteiger partial charge < -0.3 is 10.2 Å². The highest BCUT2D eigenvalue weighted by Gasteiger charge is 2.20. The number of carboxylic acid groups (broad SMARTS) is 2. The maximum Gasteiger partial charge on any atom is 0.324 e. The molecule has 0 saturated heterocycles. The van der Waals surface area contributed by atoms with E-state index in [1.54, 1.807) is 0 Å². The minimum Gasteiger partial charge on any atom is -0.481 e. The molecule has 14 heavy (non-hydrogen) atoms. The van der Waals surface area contributed by atoms with Gasteiger partial charge in [-0.3, -0.25) is 14.4 Å². The highest BCUT2D eigenvalue weighted by atomic mass is 79.9. The number of hydrogen-bond acceptors (Lipinski definition) is 3. The molecule has 0 bridgehead atoms. The van der Waals surface area contributed by atoms with Crippen molar-refractivity contribution in [1.82, 2.24) is 0 Å². The summed E-state index contributed by atoms with van der Waals surface area (Å²) in [6, 6.07) is 0. The van der Waals surface area contributed by atoms with Crippen LogP contribution in [0.1, 0.15) is 26.7 Å². The van der Waals surface area contributed by atoms with Crippen LogP contribution in [0.2, 0.25) is 0 Å². The highest BCUT2D eigenvalue weighted by Crippen LogP contribution is 2.05. The van der Waals surface area contributed by atoms with Crippen LogP contribution < -0.4 is 0 Å². The lowest BCUT2D eigenvalue weighted by Gasteiger charge is -1.99. The SMILES string of the molecule is CC(=O)O.CCCC(=O)C(Br)C(=O)O. The van der Waals surface area contributed by atoms with Crippen LogP contribution >= 0.6 is 15.9 Å². The zero-order valence-corrected chi connectivity index (χ0v) is 9.57. The van der Waals surface area contributed by atoms with E-state index in [-0.39, 0.29) is 5.78 Å². The third-order valence-corrected chi connectivity index (χ3v) is 1.90. The van der Waals surface area contributed by atoms with E-state index in [0.29, 0.717) is 12.8 Å². The number of carbonyl (C=O) groups excluding carboxylic acids is 1. The van der Waals surface area contributed by atoms with Crippen LogP contribution in [-0.4, -0.2) is 32.8 Å². The molecule has 5 nitrogen and oxygen atoms in total. The largest absolute Gasteiger partial charge is 0.481 e. The van der Waals surface area contributed by atoms with Gasteiger partial charge in [-0.2, -0.15) is 0 Å². The zero-order valence-electron chi connectivity index (χ0n) is 7.99. The first-order valence-electron chi connectivity index (χ1n) is 3.92. The molecule has 0 aromatic carbocycles. The van der Waals surface area contributed by atoms with E-state index >= 15 is 0 Å². The summed E-state index contributed by atoms with van der Waals surface area (Å²) in [6.07, 6.45) is 1.01. The first-order valence-corrected chi connectivity index (χ1v) is 4.83. The number of carbonyl (C=O) groups is 3. The van der Waals surface area contributed by atoms with Gasteiger partial charge >= 0.3 is 5.97 Å². The number of aliphatic carboxylic acids is 2. The molecule has 0 amide bonds. The molecule has 0 saturated carbocycles. The van der Waals surface area contributed by atoms with Gasteiger partial charge in [-0.25, -0.2) is 0 Å². The zero-order chi connectivity index (χ0) is 11.7. The van der Waals surface area contributed by atoms with Crippen LogP contribution in [0.3, 0.4) is 0 Å². The smallest absolute Gasteiger partial charge is 0.324 e. The Labute approximate surface area is 90.2 Å². The van der Waals surface area contributed by atoms with Gasteiger partial charge in [0, 0.05) is 13.3 Å². The lowest BCUT2D eigenvalue weighted by molar-refractivity contribution is -0.139. The predicted molar refractivity (Wildman–Crippen MR) is 53.6 cm³/mol. The van der Waals surface area contributed by atoms with E-state index in [1.807, 2.05) is 6.92 Å². The van der Waals surface area contributed by atoms with Gasteiger partial charge in [-0.1, -0.05) is 22.9 Å². The van der Waals surface area contributed by atoms with Crippen molar-refractivity contribution in [2.45, 2.75) is 31.5 Å². The summed E-state index contributed by atoms with van der Waals surface area (Å²) in [6.45, 7) is 2.92. The number of ketones is 1. The molecule has 0 aliphatic carbocycles. The number of alkyl halides is 1. The Hall–Kier alpha value is -0.910. The molecule has 0 aromatic rings. The van der Waals surface area contributed by atoms with Gasteiger partial charge in [0.2, 0.25) is 0 Å². The van der Waals surface area contributed by atoms with E-state index < -0.39 is 16.8 Å². The van der Waals surface area contributed by atoms with Crippen LogP contribution in [-0.2, 0) is 14.4 Å². The van der Waals surface area contributed by atoms with Gasteiger partial charge in [0.15, 0.2) is 10.6 Å². The van der Waals surface area contributed by atoms with E-state index in [1.165, 1.54) is 0 Å². The highest BCUT2D eigenvalue weighted by molar-refractivity contribution is 9.10. The third kappa shape index (κ3) is 11.1. The van der Waals surface area contributed by atoms with Crippen molar-refractivity contribution < 1.29 is 24.6 Å². The molecule has 0 aromatic heterocycles. The van der Waals surface area contributed by atoms with E-state index in [9.17, 15) is 9.59 Å². The van der Waals surface area contributed by atoms with Crippen molar-refractivity contribution in [1.29, 1.82) is 0 Å². The van der Waals surface area contributed by atoms with Crippen LogP contribution in [0.5, 0.6) is 0 Å². The molecule has 0 heterocycles. The van der Waals surface area contributed by atoms with Crippen LogP contribution in [0.25, 0.3) is 0 Å². The molecule has 0 fully saturated rings. The summed E-state index contributed by atoms with van der Waals surface area (Å²) in [5.41, 5.74) is 0. The van der Waals surface area contributed by atoms with Crippen molar-refractivity contribution >= 4 is 33.7 Å². The second kappa shape index (κ2) is 8.68. The molecular weight excluding hydrogens is 256 g/mol. The Morgan fingerprint density at radius 1 is 1.29 bits per heavy atom. The quantitative estimate of drug-likeness (QED) is 0.592. The van der Waals surface area contributed by atoms with Gasteiger partial charge in [-0.15, -0.1) is 0 Å². The van der Waals surface area contributed by atoms with Crippen molar-refractivity contribution in [3.63, 3.8) is 0 Å². The van der Waals surface area contributed by atoms with Crippen molar-refractivity contribution in [3.05, 3.63) is 0 Å². The van der Waals surface area contributed by atoms with Crippen LogP contribution in [0.15, 0.2) is 0 Å². The number of hydrogen-bond donors (Lipinski definition) is 2. The molecule has 1 unspecified atom stereocenters. The Morgan fingerprint density at radius 3 is 1.86 bits per heavy atom. The lowest BCUT2D eigenvalue weighted by Crippen LogP contribution is -2.23. The average molecular weight is 269 g/mol. The number of carboxylic acids is 2. The van der Waals surface area contributed by atoms with Gasteiger partial charge in [-0.05, 0) is 6.42 Å². The topological polar surface area (TPSA) is 91.7 Å². The fourth-order valence-corrected chi connectivity index (χ4v) is 0.740. The number of halogens is 1. The van der Waals surface area contributed by atoms with Gasteiger partial charge in [0.05, 0.1) is 0 Å². The lowest BCUT2D eigenvalue weighted by atomic mass is 10.2. The third-order valence-electron chi connectivity index (χ3n) is 0.996. The Kier molecular flexibility index (Phi) is 9.64. The molecular formula is C8H13BrO5. The van der Waals surface area contributed by atoms with Crippen molar-refractivity contribution in [3.8, 4) is 0 Å². The van der Waals surface area contributed by atoms with Gasteiger partial charge in [0.25, 0.3) is 5.97 Å². The Balaban J connectivity index is 0. The average Bonchev–Trinajstić information content (AvgIpc) is 2.02. The number of rotatable bonds is 4. The van der Waals surface area contributed by atoms with Crippen molar-refractivity contribution in [2.75, 3.05) is 0 Å². The molecule has 6 heteroatoms. The van der Waals surface area contributed by atoms with Crippen LogP contribution in [0, 0.1) is 0 Å². The molecule has 82 valence electrons. The summed E-state index contributed by atoms with van der Waals surface area (Å²) in [5, 5.41) is 15.7. The molecule has 1 atom stereocenters. The van der Waals surface area contributed by atoms with Crippen molar-refractivity contribution in [2.24, 2.45) is 0 Å². The van der Waals surface area contributed by atoms with E-state index in [4.69, 9.17) is 15.0 Å². The fourth-order valence-electron chi connectivity index (χ4n) is 0.511. The first kappa shape index (κ1) is 15.6. The molecule has 0 aliphatic heterocycles. The Morgan fingerprint density at radius 2 is 1.64 bits per heavy atom. The standard InChI is InChI=1S/C6H9BrO3.C2H4O2/c1-2-3-4(8)5(7)6(9)10;1-2(3)4/h5H,2-3H2,1H3,(H,9,10);1H3,(H,3,4). The second-order valence-corrected chi connectivity index (χ2v) is 3.35. The number of Topliss-reactive ketones (excluding diaryl/α,β-unsaturated/α-hetero) is 1. The Bertz CT molecular complexity index is 210. The predicted octanol–water partition coefficient (Wildman–Crippen LogP) is 1.29. The molecule has 0 aliphatic rings. The minimum absolute atomic E-state index is 0.269. The summed E-state index contributed by atoms with van der Waals surface area (Å²) in [5.74, 6) is -2.21. The molecule has 2 N–H and O–H groups in total. The maximum atomic E-state index is 10.8. The summed E-state index contributed by atoms with van der Waals surface area (Å²) in [7, 11) is 0. The van der Waals surface area contributed by atoms with Crippen LogP contribution in [0.4, 0.5) is 0 Å². The minimum atomic E-state index is -1.11. The first-order chi connectivity index (χ1) is 6.32. The maximum absolute atomic E-state index is 10.8. The van der Waals surface area contributed by atoms with Gasteiger partial charge in [0.1, 0.15) is 0 Å². The molecule has 0 spiro atoms. The fraction of sp³-hybridized carbons (Fsp3) is 0.625. The second-order valence-electron chi connectivity index (χ2n) is 2.44. The summed E-state index contributed by atoms with van der Waals surface area (Å²) >= 11 is 2.76. The summed E-state index contributed by atoms with van der Waals surface area (Å²) < 4.78 is 0. The normalized spacial score (nSPS) is 10.8. The van der Waals surface area contributed by atoms with E-state index in [2.05, 4.69) is 15.9 Å². The van der Waals surface area contributed by atoms with E-state index in [0.717, 1.165) is 6.92 Å². The molecule has 0 rings (SSSR count). The summed E-state index contributed by atoms with van der Waals surface area (Å²) in [4.78, 5) is 28.9. The monoisotopic (exact) mass is 268 g/mol.